The second kappa shape index (κ2) is 11.4. The maximum absolute atomic E-state index is 15.9. The molecule has 1 saturated heterocycles. The van der Waals surface area contributed by atoms with Crippen LogP contribution in [-0.2, 0) is 25.7 Å². The molecule has 5 heterocycles. The van der Waals surface area contributed by atoms with E-state index in [4.69, 9.17) is 15.3 Å². The van der Waals surface area contributed by atoms with Crippen LogP contribution in [0.5, 0.6) is 0 Å². The molecule has 45 heavy (non-hydrogen) atoms. The molecule has 0 unspecified atom stereocenters. The highest BCUT2D eigenvalue weighted by atomic mass is 19.1. The van der Waals surface area contributed by atoms with E-state index < -0.39 is 30.1 Å². The highest BCUT2D eigenvalue weighted by Crippen LogP contribution is 2.43. The van der Waals surface area contributed by atoms with Crippen molar-refractivity contribution in [3.05, 3.63) is 48.0 Å². The van der Waals surface area contributed by atoms with Gasteiger partial charge in [-0.05, 0) is 36.6 Å². The molecule has 2 aromatic heterocycles. The quantitative estimate of drug-likeness (QED) is 0.271. The summed E-state index contributed by atoms with van der Waals surface area (Å²) in [6.45, 7) is -0.0351. The van der Waals surface area contributed by atoms with E-state index in [1.807, 2.05) is 16.9 Å². The molecule has 3 N–H and O–H groups in total. The largest absolute Gasteiger partial charge is 0.480 e. The summed E-state index contributed by atoms with van der Waals surface area (Å²) >= 11 is 0. The normalized spacial score (nSPS) is 21.1. The topological polar surface area (TPSA) is 148 Å². The average molecular weight is 617 g/mol. The van der Waals surface area contributed by atoms with Crippen LogP contribution in [0.1, 0.15) is 56.6 Å². The third kappa shape index (κ3) is 5.04. The van der Waals surface area contributed by atoms with E-state index in [1.54, 1.807) is 23.0 Å². The molecule has 4 bridgehead atoms. The van der Waals surface area contributed by atoms with Gasteiger partial charge in [-0.1, -0.05) is 36.2 Å². The minimum atomic E-state index is -1.18. The molecule has 234 valence electrons. The number of fused-ring (bicyclic) bond motifs is 2. The first-order valence-electron chi connectivity index (χ1n) is 15.6. The minimum absolute atomic E-state index is 0.0317. The number of aliphatic carboxylic acids is 1. The summed E-state index contributed by atoms with van der Waals surface area (Å²) in [5.74, 6) is -2.58. The summed E-state index contributed by atoms with van der Waals surface area (Å²) in [5.41, 5.74) is 3.16. The molecule has 4 aromatic rings. The Labute approximate surface area is 257 Å². The summed E-state index contributed by atoms with van der Waals surface area (Å²) in [4.78, 5) is 51.8. The number of quaternary nitrogens is 1. The smallest absolute Gasteiger partial charge is 0.342 e. The number of benzene rings is 2. The molecule has 0 atom stereocenters. The Bertz CT molecular complexity index is 1850. The number of piperidine rings is 1. The third-order valence-corrected chi connectivity index (χ3v) is 9.72. The number of amides is 3. The first-order chi connectivity index (χ1) is 21.7. The number of nitrogens with one attached hydrogen (secondary N) is 2. The van der Waals surface area contributed by atoms with Gasteiger partial charge in [0.15, 0.2) is 0 Å². The molecule has 3 aliphatic heterocycles. The lowest BCUT2D eigenvalue weighted by molar-refractivity contribution is -0.146. The van der Waals surface area contributed by atoms with Crippen molar-refractivity contribution < 1.29 is 28.7 Å². The van der Waals surface area contributed by atoms with E-state index in [9.17, 15) is 19.2 Å². The molecular formula is C32H35FN7O5+. The molecule has 0 radical (unpaired) electrons. The van der Waals surface area contributed by atoms with Gasteiger partial charge in [-0.25, -0.2) is 9.18 Å². The molecular weight excluding hydrogens is 581 g/mol. The zero-order valence-electron chi connectivity index (χ0n) is 24.8. The number of carbonyl (C=O) groups is 4. The molecule has 0 spiro atoms. The van der Waals surface area contributed by atoms with E-state index in [-0.39, 0.29) is 35.4 Å². The van der Waals surface area contributed by atoms with Crippen molar-refractivity contribution in [2.75, 3.05) is 26.2 Å². The van der Waals surface area contributed by atoms with Crippen molar-refractivity contribution in [3.63, 3.8) is 0 Å². The van der Waals surface area contributed by atoms with Crippen molar-refractivity contribution >= 4 is 45.5 Å². The van der Waals surface area contributed by atoms with Gasteiger partial charge in [0.25, 0.3) is 0 Å². The van der Waals surface area contributed by atoms with Crippen LogP contribution in [0.2, 0.25) is 0 Å². The third-order valence-electron chi connectivity index (χ3n) is 9.72. The molecule has 1 saturated carbocycles. The van der Waals surface area contributed by atoms with Gasteiger partial charge >= 0.3 is 11.9 Å². The number of hydrogen-bond acceptors (Lipinski definition) is 6. The first kappa shape index (κ1) is 29.1. The molecule has 3 amide bonds. The Morgan fingerprint density at radius 3 is 2.44 bits per heavy atom. The summed E-state index contributed by atoms with van der Waals surface area (Å²) in [6.07, 6.45) is 7.95. The fourth-order valence-corrected chi connectivity index (χ4v) is 7.50. The van der Waals surface area contributed by atoms with E-state index >= 15 is 4.39 Å². The predicted octanol–water partition coefficient (Wildman–Crippen LogP) is 2.95. The van der Waals surface area contributed by atoms with Crippen LogP contribution >= 0.6 is 0 Å². The monoisotopic (exact) mass is 616 g/mol. The number of hydrogen-bond donors (Lipinski definition) is 3. The van der Waals surface area contributed by atoms with Crippen molar-refractivity contribution in [1.29, 1.82) is 0 Å². The van der Waals surface area contributed by atoms with E-state index in [0.29, 0.717) is 53.5 Å². The highest BCUT2D eigenvalue weighted by Gasteiger charge is 2.49. The van der Waals surface area contributed by atoms with Crippen LogP contribution in [0.25, 0.3) is 32.9 Å². The van der Waals surface area contributed by atoms with Gasteiger partial charge in [-0.3, -0.25) is 19.1 Å². The van der Waals surface area contributed by atoms with E-state index in [2.05, 4.69) is 10.6 Å². The number of carboxylic acid groups (broad SMARTS) is 1. The van der Waals surface area contributed by atoms with Crippen molar-refractivity contribution in [1.82, 2.24) is 34.9 Å². The number of nitrogens with zero attached hydrogens (tertiary/aromatic N) is 5. The van der Waals surface area contributed by atoms with Gasteiger partial charge in [0.1, 0.15) is 37.5 Å². The molecule has 13 heteroatoms. The minimum Gasteiger partial charge on any atom is -0.480 e. The fraction of sp³-hybridized carbons (Fsp3) is 0.438. The standard InChI is InChI=1S/C32H34FN7O5/c33-24-13-21-15-36-39-26(21)14-23(24)22-7-4-8-25-30(22)31(37-38(25)18-28(42)34-16-27(41)35-17-29(43)44)19-9-11-40(39,12-10-19)32(45)20-5-2-1-3-6-20/h4,7-8,13-15,19-20H,1-3,5-6,9-12,16-18H2,(H2-,34,35,41,42,43,44)/p+1. The lowest BCUT2D eigenvalue weighted by Crippen LogP contribution is -2.67. The van der Waals surface area contributed by atoms with E-state index in [1.165, 1.54) is 6.07 Å². The van der Waals surface area contributed by atoms with Crippen molar-refractivity contribution in [2.24, 2.45) is 5.92 Å². The molecule has 2 aromatic carbocycles. The molecule has 8 rings (SSSR count). The van der Waals surface area contributed by atoms with Crippen LogP contribution in [0.15, 0.2) is 36.5 Å². The number of aromatic nitrogens is 4. The predicted molar refractivity (Wildman–Crippen MR) is 163 cm³/mol. The molecule has 12 nitrogen and oxygen atoms in total. The van der Waals surface area contributed by atoms with Gasteiger partial charge in [0.2, 0.25) is 11.8 Å². The average Bonchev–Trinajstić information content (AvgIpc) is 3.63. The van der Waals surface area contributed by atoms with Gasteiger partial charge in [-0.2, -0.15) is 5.10 Å². The highest BCUT2D eigenvalue weighted by molar-refractivity contribution is 6.00. The van der Waals surface area contributed by atoms with E-state index in [0.717, 1.165) is 43.2 Å². The first-order valence-corrected chi connectivity index (χ1v) is 15.6. The zero-order chi connectivity index (χ0) is 31.3. The number of halogens is 1. The molecule has 2 fully saturated rings. The Morgan fingerprint density at radius 2 is 1.69 bits per heavy atom. The maximum Gasteiger partial charge on any atom is 0.342 e. The summed E-state index contributed by atoms with van der Waals surface area (Å²) in [7, 11) is 0. The summed E-state index contributed by atoms with van der Waals surface area (Å²) in [6, 6.07) is 8.78. The lowest BCUT2D eigenvalue weighted by atomic mass is 9.85. The Balaban J connectivity index is 1.30. The van der Waals surface area contributed by atoms with Gasteiger partial charge in [-0.15, -0.1) is 9.69 Å². The van der Waals surface area contributed by atoms with Crippen molar-refractivity contribution in [3.8, 4) is 11.1 Å². The van der Waals surface area contributed by atoms with Crippen LogP contribution in [0.3, 0.4) is 0 Å². The summed E-state index contributed by atoms with van der Waals surface area (Å²) in [5, 5.41) is 24.5. The van der Waals surface area contributed by atoms with Crippen LogP contribution in [0, 0.1) is 11.7 Å². The van der Waals surface area contributed by atoms with Crippen LogP contribution in [0.4, 0.5) is 4.39 Å². The second-order valence-electron chi connectivity index (χ2n) is 12.4. The zero-order valence-corrected chi connectivity index (χ0v) is 24.8. The Morgan fingerprint density at radius 1 is 0.933 bits per heavy atom. The van der Waals surface area contributed by atoms with Crippen LogP contribution in [-0.4, -0.2) is 74.6 Å². The second-order valence-corrected chi connectivity index (χ2v) is 12.4. The number of rotatable bonds is 7. The fourth-order valence-electron chi connectivity index (χ4n) is 7.50. The van der Waals surface area contributed by atoms with Gasteiger partial charge < -0.3 is 15.7 Å². The van der Waals surface area contributed by atoms with Gasteiger partial charge in [0, 0.05) is 35.1 Å². The van der Waals surface area contributed by atoms with Gasteiger partial charge in [0.05, 0.1) is 29.9 Å². The van der Waals surface area contributed by atoms with Crippen LogP contribution < -0.4 is 15.2 Å². The Hall–Kier alpha value is -4.65. The summed E-state index contributed by atoms with van der Waals surface area (Å²) < 4.78 is 17.5. The number of carbonyl (C=O) groups excluding carboxylic acids is 3. The maximum atomic E-state index is 15.9. The Kier molecular flexibility index (Phi) is 7.35. The molecule has 4 aliphatic rings. The van der Waals surface area contributed by atoms with Crippen molar-refractivity contribution in [2.45, 2.75) is 57.4 Å². The molecule has 1 aliphatic carbocycles. The SMILES string of the molecule is O=C(O)CNC(=O)CNC(=O)Cn1nc2c3c(cccc31)-c1cc3c(cnn3[N+]3(C(=O)C4CCCCC4)CCC2CC3)cc1F. The lowest BCUT2D eigenvalue weighted by Gasteiger charge is -2.41. The number of carboxylic acids is 1.